The zero-order valence-electron chi connectivity index (χ0n) is 14.9. The first-order valence-electron chi connectivity index (χ1n) is 8.61. The van der Waals surface area contributed by atoms with Crippen molar-refractivity contribution in [2.45, 2.75) is 13.0 Å². The van der Waals surface area contributed by atoms with Crippen molar-refractivity contribution in [3.8, 4) is 17.0 Å². The third-order valence-corrected chi connectivity index (χ3v) is 3.96. The maximum absolute atomic E-state index is 12.4. The van der Waals surface area contributed by atoms with Gasteiger partial charge >= 0.3 is 0 Å². The molecule has 0 saturated carbocycles. The zero-order chi connectivity index (χ0) is 19.1. The van der Waals surface area contributed by atoms with Gasteiger partial charge in [0.2, 0.25) is 5.91 Å². The van der Waals surface area contributed by atoms with Crippen LogP contribution in [0.2, 0.25) is 0 Å². The Morgan fingerprint density at radius 3 is 2.59 bits per heavy atom. The highest BCUT2D eigenvalue weighted by atomic mass is 16.5. The van der Waals surface area contributed by atoms with E-state index in [9.17, 15) is 9.59 Å². The van der Waals surface area contributed by atoms with E-state index in [1.165, 1.54) is 10.7 Å². The molecule has 3 rings (SSSR count). The lowest BCUT2D eigenvalue weighted by Gasteiger charge is -2.15. The van der Waals surface area contributed by atoms with E-state index in [2.05, 4.69) is 15.4 Å². The fourth-order valence-electron chi connectivity index (χ4n) is 2.50. The van der Waals surface area contributed by atoms with Crippen LogP contribution in [-0.2, 0) is 4.79 Å². The number of carbonyl (C=O) groups excluding carboxylic acids is 1. The molecule has 1 unspecified atom stereocenters. The average molecular weight is 364 g/mol. The molecule has 0 saturated heterocycles. The lowest BCUT2D eigenvalue weighted by Crippen LogP contribution is -2.38. The van der Waals surface area contributed by atoms with Gasteiger partial charge in [0.05, 0.1) is 12.2 Å². The van der Waals surface area contributed by atoms with Crippen molar-refractivity contribution in [2.75, 3.05) is 13.2 Å². The Kier molecular flexibility index (Phi) is 5.94. The number of ether oxygens (including phenoxy) is 1. The van der Waals surface area contributed by atoms with Gasteiger partial charge in [-0.2, -0.15) is 5.10 Å². The fourth-order valence-corrected chi connectivity index (χ4v) is 2.50. The normalized spacial score (nSPS) is 11.6. The van der Waals surface area contributed by atoms with Crippen LogP contribution in [0.4, 0.5) is 0 Å². The molecule has 27 heavy (non-hydrogen) atoms. The second-order valence-corrected chi connectivity index (χ2v) is 5.87. The Bertz CT molecular complexity index is 942. The van der Waals surface area contributed by atoms with Gasteiger partial charge in [-0.25, -0.2) is 4.68 Å². The highest BCUT2D eigenvalue weighted by Gasteiger charge is 2.17. The van der Waals surface area contributed by atoms with Crippen LogP contribution in [0.25, 0.3) is 11.3 Å². The van der Waals surface area contributed by atoms with Crippen molar-refractivity contribution in [3.05, 3.63) is 77.3 Å². The van der Waals surface area contributed by atoms with Crippen LogP contribution in [0, 0.1) is 0 Å². The van der Waals surface area contributed by atoms with Crippen molar-refractivity contribution < 1.29 is 9.53 Å². The second-order valence-electron chi connectivity index (χ2n) is 5.87. The molecule has 0 aliphatic heterocycles. The Morgan fingerprint density at radius 2 is 1.85 bits per heavy atom. The van der Waals surface area contributed by atoms with Gasteiger partial charge in [-0.05, 0) is 37.3 Å². The van der Waals surface area contributed by atoms with E-state index >= 15 is 0 Å². The minimum absolute atomic E-state index is 0.298. The minimum Gasteiger partial charge on any atom is -0.492 e. The summed E-state index contributed by atoms with van der Waals surface area (Å²) in [7, 11) is 0. The Labute approximate surface area is 156 Å². The monoisotopic (exact) mass is 364 g/mol. The Balaban J connectivity index is 1.61. The molecule has 2 aromatic heterocycles. The van der Waals surface area contributed by atoms with Crippen LogP contribution in [0.1, 0.15) is 13.0 Å². The van der Waals surface area contributed by atoms with Crippen LogP contribution in [0.15, 0.2) is 71.8 Å². The third-order valence-electron chi connectivity index (χ3n) is 3.96. The van der Waals surface area contributed by atoms with Crippen molar-refractivity contribution in [3.63, 3.8) is 0 Å². The molecule has 7 nitrogen and oxygen atoms in total. The largest absolute Gasteiger partial charge is 0.492 e. The number of carbonyl (C=O) groups is 1. The number of para-hydroxylation sites is 1. The van der Waals surface area contributed by atoms with Crippen LogP contribution in [0.5, 0.6) is 5.75 Å². The quantitative estimate of drug-likeness (QED) is 0.649. The van der Waals surface area contributed by atoms with Crippen molar-refractivity contribution in [1.82, 2.24) is 20.1 Å². The number of benzene rings is 1. The molecule has 0 bridgehead atoms. The van der Waals surface area contributed by atoms with Crippen molar-refractivity contribution in [2.24, 2.45) is 0 Å². The molecular weight excluding hydrogens is 344 g/mol. The van der Waals surface area contributed by atoms with Gasteiger partial charge in [-0.15, -0.1) is 0 Å². The molecule has 1 aromatic carbocycles. The van der Waals surface area contributed by atoms with Gasteiger partial charge in [-0.3, -0.25) is 14.6 Å². The highest BCUT2D eigenvalue weighted by molar-refractivity contribution is 5.79. The van der Waals surface area contributed by atoms with Crippen LogP contribution in [0.3, 0.4) is 0 Å². The van der Waals surface area contributed by atoms with Gasteiger partial charge in [0.1, 0.15) is 18.4 Å². The lowest BCUT2D eigenvalue weighted by molar-refractivity contribution is -0.124. The second kappa shape index (κ2) is 8.75. The molecule has 0 radical (unpaired) electrons. The fraction of sp³-hybridized carbons (Fsp3) is 0.200. The highest BCUT2D eigenvalue weighted by Crippen LogP contribution is 2.14. The van der Waals surface area contributed by atoms with E-state index < -0.39 is 6.04 Å². The number of hydrogen-bond donors (Lipinski definition) is 1. The molecule has 0 fully saturated rings. The van der Waals surface area contributed by atoms with E-state index in [-0.39, 0.29) is 11.5 Å². The Hall–Kier alpha value is -3.48. The summed E-state index contributed by atoms with van der Waals surface area (Å²) in [6, 6.07) is 15.2. The first kappa shape index (κ1) is 18.3. The van der Waals surface area contributed by atoms with Crippen LogP contribution >= 0.6 is 0 Å². The number of amides is 1. The molecule has 0 spiro atoms. The maximum atomic E-state index is 12.4. The number of aromatic nitrogens is 3. The summed E-state index contributed by atoms with van der Waals surface area (Å²) in [4.78, 5) is 28.5. The smallest absolute Gasteiger partial charge is 0.267 e. The van der Waals surface area contributed by atoms with Gasteiger partial charge in [-0.1, -0.05) is 18.2 Å². The van der Waals surface area contributed by atoms with Gasteiger partial charge in [0.25, 0.3) is 5.56 Å². The lowest BCUT2D eigenvalue weighted by atomic mass is 10.2. The number of rotatable bonds is 7. The molecule has 1 N–H and O–H groups in total. The van der Waals surface area contributed by atoms with Gasteiger partial charge in [0.15, 0.2) is 0 Å². The number of pyridine rings is 1. The SMILES string of the molecule is CC(C(=O)NCCOc1ccccc1)n1nc(-c2ccncc2)ccc1=O. The molecule has 0 aliphatic rings. The summed E-state index contributed by atoms with van der Waals surface area (Å²) in [6.45, 7) is 2.30. The van der Waals surface area contributed by atoms with Gasteiger partial charge < -0.3 is 10.1 Å². The van der Waals surface area contributed by atoms with Crippen LogP contribution < -0.4 is 15.6 Å². The van der Waals surface area contributed by atoms with E-state index in [1.807, 2.05) is 30.3 Å². The summed E-state index contributed by atoms with van der Waals surface area (Å²) in [6.07, 6.45) is 3.30. The Morgan fingerprint density at radius 1 is 1.11 bits per heavy atom. The van der Waals surface area contributed by atoms with E-state index in [0.717, 1.165) is 11.3 Å². The summed E-state index contributed by atoms with van der Waals surface area (Å²) < 4.78 is 6.72. The van der Waals surface area contributed by atoms with E-state index in [4.69, 9.17) is 4.74 Å². The predicted molar refractivity (Wildman–Crippen MR) is 101 cm³/mol. The molecule has 138 valence electrons. The minimum atomic E-state index is -0.740. The zero-order valence-corrected chi connectivity index (χ0v) is 14.9. The maximum Gasteiger partial charge on any atom is 0.267 e. The molecular formula is C20H20N4O3. The molecule has 1 amide bonds. The summed E-state index contributed by atoms with van der Waals surface area (Å²) in [5.41, 5.74) is 1.09. The predicted octanol–water partition coefficient (Wildman–Crippen LogP) is 2.06. The van der Waals surface area contributed by atoms with Crippen LogP contribution in [-0.4, -0.2) is 33.8 Å². The number of hydrogen-bond acceptors (Lipinski definition) is 5. The van der Waals surface area contributed by atoms with Crippen molar-refractivity contribution in [1.29, 1.82) is 0 Å². The molecule has 0 aliphatic carbocycles. The van der Waals surface area contributed by atoms with Crippen molar-refractivity contribution >= 4 is 5.91 Å². The number of nitrogens with one attached hydrogen (secondary N) is 1. The molecule has 1 atom stereocenters. The number of nitrogens with zero attached hydrogens (tertiary/aromatic N) is 3. The topological polar surface area (TPSA) is 86.1 Å². The summed E-state index contributed by atoms with van der Waals surface area (Å²) in [5.74, 6) is 0.441. The standard InChI is InChI=1S/C20H20N4O3/c1-15(20(26)22-13-14-27-17-5-3-2-4-6-17)24-19(25)8-7-18(23-24)16-9-11-21-12-10-16/h2-12,15H,13-14H2,1H3,(H,22,26). The molecule has 7 heteroatoms. The first-order chi connectivity index (χ1) is 13.1. The first-order valence-corrected chi connectivity index (χ1v) is 8.61. The van der Waals surface area contributed by atoms with Gasteiger partial charge in [0, 0.05) is 24.0 Å². The van der Waals surface area contributed by atoms with E-state index in [0.29, 0.717) is 18.8 Å². The summed E-state index contributed by atoms with van der Waals surface area (Å²) >= 11 is 0. The third kappa shape index (κ3) is 4.78. The summed E-state index contributed by atoms with van der Waals surface area (Å²) in [5, 5.41) is 7.09. The average Bonchev–Trinajstić information content (AvgIpc) is 2.72. The molecule has 3 aromatic rings. The van der Waals surface area contributed by atoms with E-state index in [1.54, 1.807) is 37.5 Å². The molecule has 2 heterocycles.